The largest absolute Gasteiger partial charge is 0.309 e. The molecule has 0 aromatic heterocycles. The summed E-state index contributed by atoms with van der Waals surface area (Å²) in [6.45, 7) is 8.60. The molecule has 0 atom stereocenters. The van der Waals surface area contributed by atoms with E-state index in [2.05, 4.69) is 0 Å². The fraction of sp³-hybridized carbons (Fsp3) is 0.350. The van der Waals surface area contributed by atoms with Gasteiger partial charge in [0.15, 0.2) is 0 Å². The monoisotopic (exact) mass is 374 g/mol. The van der Waals surface area contributed by atoms with Crippen LogP contribution in [0.4, 0.5) is 5.69 Å². The van der Waals surface area contributed by atoms with Gasteiger partial charge in [-0.3, -0.25) is 4.79 Å². The first-order valence-electron chi connectivity index (χ1n) is 8.84. The second-order valence-electron chi connectivity index (χ2n) is 5.95. The molecule has 0 aliphatic carbocycles. The topological polar surface area (TPSA) is 57.7 Å². The molecule has 5 nitrogen and oxygen atoms in total. The Morgan fingerprint density at radius 2 is 1.54 bits per heavy atom. The molecular formula is C20H26N2O3S. The van der Waals surface area contributed by atoms with Gasteiger partial charge < -0.3 is 4.90 Å². The summed E-state index contributed by atoms with van der Waals surface area (Å²) < 4.78 is 27.0. The first-order chi connectivity index (χ1) is 12.4. The molecule has 1 amide bonds. The predicted octanol–water partition coefficient (Wildman–Crippen LogP) is 3.69. The molecule has 0 aliphatic heterocycles. The van der Waals surface area contributed by atoms with Gasteiger partial charge in [0.05, 0.1) is 4.90 Å². The van der Waals surface area contributed by atoms with Crippen LogP contribution in [0.3, 0.4) is 0 Å². The molecule has 140 valence electrons. The number of sulfonamides is 1. The van der Waals surface area contributed by atoms with Crippen molar-refractivity contribution in [3.8, 4) is 0 Å². The summed E-state index contributed by atoms with van der Waals surface area (Å²) in [5.74, 6) is -0.201. The number of hydrogen-bond acceptors (Lipinski definition) is 3. The van der Waals surface area contributed by atoms with Crippen LogP contribution in [0.25, 0.3) is 0 Å². The maximum Gasteiger partial charge on any atom is 0.258 e. The van der Waals surface area contributed by atoms with Crippen molar-refractivity contribution < 1.29 is 13.2 Å². The van der Waals surface area contributed by atoms with Crippen LogP contribution in [-0.4, -0.2) is 38.3 Å². The van der Waals surface area contributed by atoms with Gasteiger partial charge in [-0.2, -0.15) is 4.31 Å². The Balaban J connectivity index is 2.48. The lowest BCUT2D eigenvalue weighted by molar-refractivity contribution is 0.0987. The van der Waals surface area contributed by atoms with Gasteiger partial charge in [-0.15, -0.1) is 0 Å². The summed E-state index contributed by atoms with van der Waals surface area (Å²) in [6.07, 6.45) is 0. The van der Waals surface area contributed by atoms with Crippen molar-refractivity contribution in [2.24, 2.45) is 0 Å². The van der Waals surface area contributed by atoms with Crippen LogP contribution >= 0.6 is 0 Å². The Morgan fingerprint density at radius 1 is 0.923 bits per heavy atom. The Kier molecular flexibility index (Phi) is 6.56. The third-order valence-electron chi connectivity index (χ3n) is 4.41. The number of carbonyl (C=O) groups is 1. The zero-order valence-corrected chi connectivity index (χ0v) is 16.6. The number of nitrogens with zero attached hydrogens (tertiary/aromatic N) is 2. The quantitative estimate of drug-likeness (QED) is 0.743. The number of aryl methyl sites for hydroxylation is 1. The predicted molar refractivity (Wildman–Crippen MR) is 105 cm³/mol. The van der Waals surface area contributed by atoms with Gasteiger partial charge in [0.25, 0.3) is 5.91 Å². The molecule has 0 aliphatic rings. The van der Waals surface area contributed by atoms with Crippen LogP contribution in [0.1, 0.15) is 36.7 Å². The number of para-hydroxylation sites is 1. The lowest BCUT2D eigenvalue weighted by atomic mass is 10.1. The van der Waals surface area contributed by atoms with E-state index >= 15 is 0 Å². The Morgan fingerprint density at radius 3 is 2.08 bits per heavy atom. The molecule has 0 saturated heterocycles. The molecule has 0 N–H and O–H groups in total. The second-order valence-corrected chi connectivity index (χ2v) is 7.89. The third-order valence-corrected chi connectivity index (χ3v) is 6.46. The van der Waals surface area contributed by atoms with Crippen molar-refractivity contribution in [3.05, 3.63) is 59.7 Å². The molecule has 0 heterocycles. The number of amides is 1. The van der Waals surface area contributed by atoms with Crippen molar-refractivity contribution in [3.63, 3.8) is 0 Å². The molecular weight excluding hydrogens is 348 g/mol. The van der Waals surface area contributed by atoms with Gasteiger partial charge in [0, 0.05) is 30.9 Å². The van der Waals surface area contributed by atoms with E-state index < -0.39 is 10.0 Å². The molecule has 6 heteroatoms. The summed E-state index contributed by atoms with van der Waals surface area (Å²) in [5, 5.41) is 0. The maximum atomic E-state index is 13.1. The number of anilines is 1. The molecule has 0 saturated carbocycles. The van der Waals surface area contributed by atoms with Crippen molar-refractivity contribution >= 4 is 21.6 Å². The highest BCUT2D eigenvalue weighted by Gasteiger charge is 2.25. The minimum absolute atomic E-state index is 0.152. The first kappa shape index (κ1) is 20.1. The maximum absolute atomic E-state index is 13.1. The fourth-order valence-electron chi connectivity index (χ4n) is 2.90. The SMILES string of the molecule is CCN(C(=O)c1cc(S(=O)(=O)N(CC)CC)ccc1C)c1ccccc1. The van der Waals surface area contributed by atoms with Gasteiger partial charge >= 0.3 is 0 Å². The van der Waals surface area contributed by atoms with Gasteiger partial charge in [0.2, 0.25) is 10.0 Å². The zero-order chi connectivity index (χ0) is 19.3. The van der Waals surface area contributed by atoms with Crippen LogP contribution in [0.15, 0.2) is 53.4 Å². The third kappa shape index (κ3) is 3.97. The van der Waals surface area contributed by atoms with Crippen molar-refractivity contribution in [2.45, 2.75) is 32.6 Å². The molecule has 0 spiro atoms. The lowest BCUT2D eigenvalue weighted by Crippen LogP contribution is -2.32. The minimum atomic E-state index is -3.61. The highest BCUT2D eigenvalue weighted by atomic mass is 32.2. The standard InChI is InChI=1S/C20H26N2O3S/c1-5-21(6-2)26(24,25)18-14-13-16(4)19(15-18)20(23)22(7-3)17-11-9-8-10-12-17/h8-15H,5-7H2,1-4H3. The van der Waals surface area contributed by atoms with Crippen molar-refractivity contribution in [1.82, 2.24) is 4.31 Å². The Labute approximate surface area is 156 Å². The van der Waals surface area contributed by atoms with Crippen molar-refractivity contribution in [2.75, 3.05) is 24.5 Å². The summed E-state index contributed by atoms with van der Waals surface area (Å²) >= 11 is 0. The minimum Gasteiger partial charge on any atom is -0.309 e. The molecule has 26 heavy (non-hydrogen) atoms. The van der Waals surface area contributed by atoms with Gasteiger partial charge in [0.1, 0.15) is 0 Å². The molecule has 0 unspecified atom stereocenters. The summed E-state index contributed by atoms with van der Waals surface area (Å²) in [5.41, 5.74) is 1.95. The summed E-state index contributed by atoms with van der Waals surface area (Å²) in [4.78, 5) is 14.9. The normalized spacial score (nSPS) is 11.6. The summed E-state index contributed by atoms with van der Waals surface area (Å²) in [6, 6.07) is 14.1. The van der Waals surface area contributed by atoms with Crippen LogP contribution in [0.5, 0.6) is 0 Å². The molecule has 2 rings (SSSR count). The second kappa shape index (κ2) is 8.47. The number of benzene rings is 2. The Bertz CT molecular complexity index is 860. The van der Waals surface area contributed by atoms with Crippen molar-refractivity contribution in [1.29, 1.82) is 0 Å². The number of carbonyl (C=O) groups excluding carboxylic acids is 1. The van der Waals surface area contributed by atoms with E-state index in [9.17, 15) is 13.2 Å². The lowest BCUT2D eigenvalue weighted by Gasteiger charge is -2.23. The summed E-state index contributed by atoms with van der Waals surface area (Å²) in [7, 11) is -3.61. The number of rotatable bonds is 7. The van der Waals surface area contributed by atoms with E-state index in [1.807, 2.05) is 44.2 Å². The van der Waals surface area contributed by atoms with E-state index in [0.29, 0.717) is 25.2 Å². The first-order valence-corrected chi connectivity index (χ1v) is 10.3. The van der Waals surface area contributed by atoms with E-state index in [1.54, 1.807) is 30.9 Å². The molecule has 0 bridgehead atoms. The van der Waals surface area contributed by atoms with Crippen LogP contribution in [0.2, 0.25) is 0 Å². The van der Waals surface area contributed by atoms with Gasteiger partial charge in [-0.1, -0.05) is 38.1 Å². The molecule has 0 fully saturated rings. The van der Waals surface area contributed by atoms with E-state index in [0.717, 1.165) is 11.3 Å². The van der Waals surface area contributed by atoms with E-state index in [4.69, 9.17) is 0 Å². The highest BCUT2D eigenvalue weighted by Crippen LogP contribution is 2.23. The molecule has 2 aromatic rings. The van der Waals surface area contributed by atoms with Gasteiger partial charge in [-0.25, -0.2) is 8.42 Å². The van der Waals surface area contributed by atoms with Gasteiger partial charge in [-0.05, 0) is 43.7 Å². The highest BCUT2D eigenvalue weighted by molar-refractivity contribution is 7.89. The average Bonchev–Trinajstić information content (AvgIpc) is 2.64. The van der Waals surface area contributed by atoms with E-state index in [-0.39, 0.29) is 10.8 Å². The van der Waals surface area contributed by atoms with Crippen LogP contribution in [0, 0.1) is 6.92 Å². The van der Waals surface area contributed by atoms with E-state index in [1.165, 1.54) is 10.4 Å². The van der Waals surface area contributed by atoms with Crippen LogP contribution < -0.4 is 4.90 Å². The molecule has 0 radical (unpaired) electrons. The average molecular weight is 375 g/mol. The number of hydrogen-bond donors (Lipinski definition) is 0. The van der Waals surface area contributed by atoms with Crippen LogP contribution in [-0.2, 0) is 10.0 Å². The molecule has 2 aromatic carbocycles. The smallest absolute Gasteiger partial charge is 0.258 e. The zero-order valence-electron chi connectivity index (χ0n) is 15.8. The fourth-order valence-corrected chi connectivity index (χ4v) is 4.39. The Hall–Kier alpha value is -2.18.